The van der Waals surface area contributed by atoms with Crippen molar-refractivity contribution in [2.24, 2.45) is 5.92 Å². The molecule has 1 aliphatic carbocycles. The number of carbonyl (C=O) groups is 1. The van der Waals surface area contributed by atoms with Gasteiger partial charge in [0.25, 0.3) is 5.91 Å². The number of alkyl halides is 1. The van der Waals surface area contributed by atoms with Crippen LogP contribution in [0.4, 0.5) is 0 Å². The molecule has 1 aromatic rings. The third-order valence-electron chi connectivity index (χ3n) is 5.15. The Hall–Kier alpha value is -1.66. The second-order valence-electron chi connectivity index (χ2n) is 7.33. The van der Waals surface area contributed by atoms with Gasteiger partial charge in [0.15, 0.2) is 9.84 Å². The van der Waals surface area contributed by atoms with Crippen molar-refractivity contribution >= 4 is 27.3 Å². The highest BCUT2D eigenvalue weighted by Gasteiger charge is 2.33. The summed E-state index contributed by atoms with van der Waals surface area (Å²) in [6.07, 6.45) is 8.32. The monoisotopic (exact) mass is 408 g/mol. The molecule has 1 aliphatic heterocycles. The minimum absolute atomic E-state index is 0.0878. The number of hydrogen-bond acceptors (Lipinski definition) is 4. The number of amides is 1. The summed E-state index contributed by atoms with van der Waals surface area (Å²) in [5.74, 6) is -0.513. The van der Waals surface area contributed by atoms with Crippen LogP contribution in [-0.2, 0) is 15.6 Å². The third kappa shape index (κ3) is 4.43. The number of sulfone groups is 1. The summed E-state index contributed by atoms with van der Waals surface area (Å²) in [5.41, 5.74) is 1.14. The van der Waals surface area contributed by atoms with Crippen molar-refractivity contribution in [3.63, 3.8) is 0 Å². The number of halogens is 1. The van der Waals surface area contributed by atoms with E-state index in [1.807, 2.05) is 32.1 Å². The van der Waals surface area contributed by atoms with E-state index >= 15 is 0 Å². The molecule has 2 aliphatic rings. The first-order valence-electron chi connectivity index (χ1n) is 9.27. The van der Waals surface area contributed by atoms with Crippen molar-refractivity contribution in [1.29, 1.82) is 0 Å². The molecule has 1 amide bonds. The van der Waals surface area contributed by atoms with Crippen molar-refractivity contribution in [2.45, 2.75) is 49.6 Å². The maximum Gasteiger partial charge on any atom is 0.273 e. The van der Waals surface area contributed by atoms with Crippen LogP contribution >= 0.6 is 11.6 Å². The maximum atomic E-state index is 13.0. The molecule has 3 rings (SSSR count). The Morgan fingerprint density at radius 3 is 2.81 bits per heavy atom. The van der Waals surface area contributed by atoms with Crippen LogP contribution in [0.2, 0.25) is 0 Å². The van der Waals surface area contributed by atoms with Crippen molar-refractivity contribution < 1.29 is 13.2 Å². The first-order chi connectivity index (χ1) is 12.8. The molecular formula is C20H25ClN2O3S. The van der Waals surface area contributed by atoms with Gasteiger partial charge in [0.2, 0.25) is 0 Å². The van der Waals surface area contributed by atoms with Crippen molar-refractivity contribution in [3.05, 3.63) is 53.4 Å². The van der Waals surface area contributed by atoms with E-state index in [0.29, 0.717) is 12.2 Å². The third-order valence-corrected chi connectivity index (χ3v) is 7.88. The van der Waals surface area contributed by atoms with Gasteiger partial charge in [-0.1, -0.05) is 48.4 Å². The normalized spacial score (nSPS) is 26.0. The van der Waals surface area contributed by atoms with Gasteiger partial charge in [0.05, 0.1) is 16.7 Å². The predicted octanol–water partition coefficient (Wildman–Crippen LogP) is 3.71. The van der Waals surface area contributed by atoms with E-state index in [1.54, 1.807) is 23.1 Å². The summed E-state index contributed by atoms with van der Waals surface area (Å²) in [7, 11) is -3.45. The van der Waals surface area contributed by atoms with E-state index in [-0.39, 0.29) is 28.8 Å². The number of likely N-dealkylation sites (tertiary alicyclic amines) is 1. The lowest BCUT2D eigenvalue weighted by Gasteiger charge is -2.31. The fourth-order valence-corrected chi connectivity index (χ4v) is 6.33. The standard InChI is InChI=1S/C20H25ClN2O3S/c1-14-7-5-8-15(2)19(14)27(25,26)13-16-9-6-10-17(22-16)20(24)23-12-4-3-11-18(23)21/h5-10,14,18-19H,3-4,11-13H2,1-2H3. The smallest absolute Gasteiger partial charge is 0.273 e. The largest absolute Gasteiger partial charge is 0.321 e. The van der Waals surface area contributed by atoms with E-state index in [0.717, 1.165) is 24.8 Å². The van der Waals surface area contributed by atoms with E-state index in [4.69, 9.17) is 11.6 Å². The van der Waals surface area contributed by atoms with E-state index in [1.165, 1.54) is 0 Å². The Morgan fingerprint density at radius 2 is 2.11 bits per heavy atom. The number of nitrogens with zero attached hydrogens (tertiary/aromatic N) is 2. The van der Waals surface area contributed by atoms with Crippen LogP contribution in [-0.4, -0.2) is 41.5 Å². The molecule has 0 aromatic carbocycles. The van der Waals surface area contributed by atoms with Crippen LogP contribution in [0.15, 0.2) is 42.0 Å². The van der Waals surface area contributed by atoms with Crippen LogP contribution in [0, 0.1) is 5.92 Å². The molecule has 1 fully saturated rings. The van der Waals surface area contributed by atoms with Crippen molar-refractivity contribution in [2.75, 3.05) is 6.54 Å². The quantitative estimate of drug-likeness (QED) is 0.562. The highest BCUT2D eigenvalue weighted by atomic mass is 35.5. The van der Waals surface area contributed by atoms with Crippen LogP contribution in [0.5, 0.6) is 0 Å². The number of piperidine rings is 1. The first kappa shape index (κ1) is 20.1. The molecule has 5 nitrogen and oxygen atoms in total. The summed E-state index contributed by atoms with van der Waals surface area (Å²) in [4.78, 5) is 18.7. The minimum Gasteiger partial charge on any atom is -0.321 e. The lowest BCUT2D eigenvalue weighted by molar-refractivity contribution is 0.0686. The van der Waals surface area contributed by atoms with Gasteiger partial charge in [0, 0.05) is 6.54 Å². The molecule has 0 radical (unpaired) electrons. The number of rotatable bonds is 4. The average molecular weight is 409 g/mol. The fraction of sp³-hybridized carbons (Fsp3) is 0.500. The Balaban J connectivity index is 1.80. The Kier molecular flexibility index (Phi) is 6.06. The second kappa shape index (κ2) is 8.15. The molecular weight excluding hydrogens is 384 g/mol. The number of pyridine rings is 1. The molecule has 0 bridgehead atoms. The molecule has 1 saturated heterocycles. The number of carbonyl (C=O) groups excluding carboxylic acids is 1. The summed E-state index contributed by atoms with van der Waals surface area (Å²) < 4.78 is 26.0. The fourth-order valence-electron chi connectivity index (χ4n) is 3.85. The Bertz CT molecular complexity index is 879. The predicted molar refractivity (Wildman–Crippen MR) is 107 cm³/mol. The number of hydrogen-bond donors (Lipinski definition) is 0. The molecule has 3 unspecified atom stereocenters. The molecule has 0 N–H and O–H groups in total. The van der Waals surface area contributed by atoms with Gasteiger partial charge >= 0.3 is 0 Å². The SMILES string of the molecule is CC1=CC=CC(C)C1S(=O)(=O)Cc1cccc(C(=O)N2CCCCC2Cl)n1. The van der Waals surface area contributed by atoms with E-state index in [9.17, 15) is 13.2 Å². The van der Waals surface area contributed by atoms with Crippen molar-refractivity contribution in [3.8, 4) is 0 Å². The molecule has 1 aromatic heterocycles. The Labute approximate surface area is 166 Å². The highest BCUT2D eigenvalue weighted by Crippen LogP contribution is 2.28. The summed E-state index contributed by atoms with van der Waals surface area (Å²) >= 11 is 6.28. The molecule has 7 heteroatoms. The molecule has 146 valence electrons. The molecule has 2 heterocycles. The van der Waals surface area contributed by atoms with Gasteiger partial charge in [-0.05, 0) is 44.2 Å². The molecule has 27 heavy (non-hydrogen) atoms. The lowest BCUT2D eigenvalue weighted by Crippen LogP contribution is -2.41. The molecule has 3 atom stereocenters. The zero-order chi connectivity index (χ0) is 19.6. The van der Waals surface area contributed by atoms with E-state index in [2.05, 4.69) is 4.98 Å². The summed E-state index contributed by atoms with van der Waals surface area (Å²) in [6.45, 7) is 4.35. The van der Waals surface area contributed by atoms with Gasteiger partial charge in [-0.2, -0.15) is 0 Å². The van der Waals surface area contributed by atoms with Gasteiger partial charge < -0.3 is 4.90 Å². The van der Waals surface area contributed by atoms with Crippen LogP contribution in [0.3, 0.4) is 0 Å². The van der Waals surface area contributed by atoms with Gasteiger partial charge in [-0.25, -0.2) is 13.4 Å². The summed E-state index contributed by atoms with van der Waals surface area (Å²) in [5, 5.41) is -0.557. The number of allylic oxidation sites excluding steroid dienone is 3. The zero-order valence-electron chi connectivity index (χ0n) is 15.6. The lowest BCUT2D eigenvalue weighted by atomic mass is 9.96. The van der Waals surface area contributed by atoms with E-state index < -0.39 is 15.1 Å². The maximum absolute atomic E-state index is 13.0. The first-order valence-corrected chi connectivity index (χ1v) is 11.4. The van der Waals surface area contributed by atoms with Gasteiger partial charge in [-0.15, -0.1) is 0 Å². The van der Waals surface area contributed by atoms with Crippen LogP contribution in [0.1, 0.15) is 49.3 Å². The molecule has 0 spiro atoms. The van der Waals surface area contributed by atoms with Gasteiger partial charge in [-0.3, -0.25) is 4.79 Å². The summed E-state index contributed by atoms with van der Waals surface area (Å²) in [6, 6.07) is 4.96. The minimum atomic E-state index is -3.45. The van der Waals surface area contributed by atoms with Crippen LogP contribution < -0.4 is 0 Å². The topological polar surface area (TPSA) is 67.3 Å². The van der Waals surface area contributed by atoms with Crippen LogP contribution in [0.25, 0.3) is 0 Å². The highest BCUT2D eigenvalue weighted by molar-refractivity contribution is 7.91. The van der Waals surface area contributed by atoms with Gasteiger partial charge in [0.1, 0.15) is 11.2 Å². The second-order valence-corrected chi connectivity index (χ2v) is 9.95. The zero-order valence-corrected chi connectivity index (χ0v) is 17.2. The number of aromatic nitrogens is 1. The molecule has 0 saturated carbocycles. The van der Waals surface area contributed by atoms with Crippen molar-refractivity contribution in [1.82, 2.24) is 9.88 Å². The Morgan fingerprint density at radius 1 is 1.33 bits per heavy atom. The average Bonchev–Trinajstić information content (AvgIpc) is 2.61.